The molecule has 0 aromatic heterocycles. The van der Waals surface area contributed by atoms with Gasteiger partial charge in [0.25, 0.3) is 0 Å². The van der Waals surface area contributed by atoms with E-state index in [2.05, 4.69) is 32.9 Å². The van der Waals surface area contributed by atoms with E-state index in [9.17, 15) is 0 Å². The van der Waals surface area contributed by atoms with Crippen LogP contribution >= 0.6 is 0 Å². The van der Waals surface area contributed by atoms with Gasteiger partial charge < -0.3 is 10.5 Å². The lowest BCUT2D eigenvalue weighted by Gasteiger charge is -2.21. The first-order valence-corrected chi connectivity index (χ1v) is 6.47. The van der Waals surface area contributed by atoms with Crippen LogP contribution in [-0.4, -0.2) is 12.6 Å². The number of hydrogen-bond donors (Lipinski definition) is 1. The van der Waals surface area contributed by atoms with Crippen LogP contribution in [0.3, 0.4) is 0 Å². The van der Waals surface area contributed by atoms with E-state index in [0.717, 1.165) is 6.42 Å². The van der Waals surface area contributed by atoms with Crippen LogP contribution in [0.4, 0.5) is 0 Å². The smallest absolute Gasteiger partial charge is 0.0717 e. The number of benzene rings is 1. The summed E-state index contributed by atoms with van der Waals surface area (Å²) >= 11 is 0. The Bertz CT molecular complexity index is 297. The van der Waals surface area contributed by atoms with Crippen molar-refractivity contribution < 1.29 is 4.74 Å². The summed E-state index contributed by atoms with van der Waals surface area (Å²) < 4.78 is 5.66. The number of rotatable bonds is 7. The molecular weight excluding hydrogens is 210 g/mol. The summed E-state index contributed by atoms with van der Waals surface area (Å²) in [6.45, 7) is 7.96. The molecule has 0 saturated heterocycles. The maximum atomic E-state index is 6.10. The Morgan fingerprint density at radius 2 is 1.76 bits per heavy atom. The van der Waals surface area contributed by atoms with Crippen molar-refractivity contribution in [1.29, 1.82) is 0 Å². The molecule has 0 radical (unpaired) electrons. The highest BCUT2D eigenvalue weighted by atomic mass is 16.5. The summed E-state index contributed by atoms with van der Waals surface area (Å²) in [6.07, 6.45) is 1.16. The molecular formula is C15H25NO. The van der Waals surface area contributed by atoms with Crippen LogP contribution in [0.15, 0.2) is 30.3 Å². The van der Waals surface area contributed by atoms with Crippen molar-refractivity contribution in [2.45, 2.75) is 39.8 Å². The molecule has 0 bridgehead atoms. The fraction of sp³-hybridized carbons (Fsp3) is 0.600. The van der Waals surface area contributed by atoms with Crippen LogP contribution in [0.5, 0.6) is 0 Å². The standard InChI is InChI=1S/C15H25NO/c1-12(2)9-13(3)15(16)11-17-10-14-7-5-4-6-8-14/h4-8,12-13,15H,9-11,16H2,1-3H3. The average Bonchev–Trinajstić information content (AvgIpc) is 2.29. The van der Waals surface area contributed by atoms with Gasteiger partial charge in [0.2, 0.25) is 0 Å². The summed E-state index contributed by atoms with van der Waals surface area (Å²) in [6, 6.07) is 10.4. The summed E-state index contributed by atoms with van der Waals surface area (Å²) in [5, 5.41) is 0. The predicted molar refractivity (Wildman–Crippen MR) is 72.7 cm³/mol. The maximum absolute atomic E-state index is 6.10. The highest BCUT2D eigenvalue weighted by Crippen LogP contribution is 2.14. The van der Waals surface area contributed by atoms with E-state index in [1.807, 2.05) is 18.2 Å². The number of hydrogen-bond acceptors (Lipinski definition) is 2. The minimum absolute atomic E-state index is 0.140. The molecule has 2 N–H and O–H groups in total. The molecule has 2 nitrogen and oxygen atoms in total. The summed E-state index contributed by atoms with van der Waals surface area (Å²) in [5.74, 6) is 1.22. The third kappa shape index (κ3) is 5.85. The molecule has 0 heterocycles. The van der Waals surface area contributed by atoms with Crippen LogP contribution < -0.4 is 5.73 Å². The molecule has 0 saturated carbocycles. The van der Waals surface area contributed by atoms with Gasteiger partial charge in [-0.1, -0.05) is 51.1 Å². The van der Waals surface area contributed by atoms with E-state index < -0.39 is 0 Å². The normalized spacial score (nSPS) is 14.9. The lowest BCUT2D eigenvalue weighted by molar-refractivity contribution is 0.0922. The molecule has 0 aliphatic heterocycles. The first kappa shape index (κ1) is 14.2. The zero-order valence-electron chi connectivity index (χ0n) is 11.2. The molecule has 2 unspecified atom stereocenters. The van der Waals surface area contributed by atoms with E-state index in [1.54, 1.807) is 0 Å². The first-order valence-electron chi connectivity index (χ1n) is 6.47. The van der Waals surface area contributed by atoms with Gasteiger partial charge >= 0.3 is 0 Å². The Morgan fingerprint density at radius 3 is 2.35 bits per heavy atom. The van der Waals surface area contributed by atoms with Gasteiger partial charge in [-0.25, -0.2) is 0 Å². The van der Waals surface area contributed by atoms with Gasteiger partial charge in [-0.3, -0.25) is 0 Å². The second-order valence-corrected chi connectivity index (χ2v) is 5.27. The van der Waals surface area contributed by atoms with Crippen molar-refractivity contribution in [2.75, 3.05) is 6.61 Å². The SMILES string of the molecule is CC(C)CC(C)C(N)COCc1ccccc1. The van der Waals surface area contributed by atoms with Crippen LogP contribution in [0.2, 0.25) is 0 Å². The molecule has 2 heteroatoms. The van der Waals surface area contributed by atoms with E-state index in [4.69, 9.17) is 10.5 Å². The van der Waals surface area contributed by atoms with Crippen molar-refractivity contribution in [3.63, 3.8) is 0 Å². The summed E-state index contributed by atoms with van der Waals surface area (Å²) in [4.78, 5) is 0. The monoisotopic (exact) mass is 235 g/mol. The van der Waals surface area contributed by atoms with Crippen LogP contribution in [0.1, 0.15) is 32.8 Å². The highest BCUT2D eigenvalue weighted by molar-refractivity contribution is 5.13. The zero-order valence-corrected chi connectivity index (χ0v) is 11.2. The zero-order chi connectivity index (χ0) is 12.7. The Hall–Kier alpha value is -0.860. The van der Waals surface area contributed by atoms with Crippen molar-refractivity contribution in [3.8, 4) is 0 Å². The Balaban J connectivity index is 2.22. The average molecular weight is 235 g/mol. The van der Waals surface area contributed by atoms with Gasteiger partial charge in [-0.15, -0.1) is 0 Å². The molecule has 1 aromatic carbocycles. The second-order valence-electron chi connectivity index (χ2n) is 5.27. The molecule has 2 atom stereocenters. The summed E-state index contributed by atoms with van der Waals surface area (Å²) in [5.41, 5.74) is 7.31. The van der Waals surface area contributed by atoms with E-state index >= 15 is 0 Å². The molecule has 96 valence electrons. The summed E-state index contributed by atoms with van der Waals surface area (Å²) in [7, 11) is 0. The molecule has 1 rings (SSSR count). The van der Waals surface area contributed by atoms with Crippen molar-refractivity contribution >= 4 is 0 Å². The van der Waals surface area contributed by atoms with Gasteiger partial charge in [-0.2, -0.15) is 0 Å². The second kappa shape index (κ2) is 7.46. The topological polar surface area (TPSA) is 35.2 Å². The molecule has 1 aromatic rings. The molecule has 0 spiro atoms. The lowest BCUT2D eigenvalue weighted by Crippen LogP contribution is -2.33. The molecule has 0 fully saturated rings. The molecule has 17 heavy (non-hydrogen) atoms. The Labute approximate surface area is 105 Å². The van der Waals surface area contributed by atoms with E-state index in [1.165, 1.54) is 5.56 Å². The molecule has 0 aliphatic rings. The van der Waals surface area contributed by atoms with Crippen LogP contribution in [0.25, 0.3) is 0 Å². The Morgan fingerprint density at radius 1 is 1.12 bits per heavy atom. The fourth-order valence-electron chi connectivity index (χ4n) is 1.97. The van der Waals surface area contributed by atoms with Crippen molar-refractivity contribution in [1.82, 2.24) is 0 Å². The fourth-order valence-corrected chi connectivity index (χ4v) is 1.97. The third-order valence-electron chi connectivity index (χ3n) is 3.00. The predicted octanol–water partition coefficient (Wildman–Crippen LogP) is 3.21. The van der Waals surface area contributed by atoms with Crippen LogP contribution in [-0.2, 0) is 11.3 Å². The van der Waals surface area contributed by atoms with Gasteiger partial charge in [0.1, 0.15) is 0 Å². The minimum Gasteiger partial charge on any atom is -0.375 e. The third-order valence-corrected chi connectivity index (χ3v) is 3.00. The number of ether oxygens (including phenoxy) is 1. The largest absolute Gasteiger partial charge is 0.375 e. The highest BCUT2D eigenvalue weighted by Gasteiger charge is 2.14. The van der Waals surface area contributed by atoms with Gasteiger partial charge in [0.05, 0.1) is 13.2 Å². The molecule has 0 amide bonds. The van der Waals surface area contributed by atoms with Crippen LogP contribution in [0, 0.1) is 11.8 Å². The van der Waals surface area contributed by atoms with Gasteiger partial charge in [0.15, 0.2) is 0 Å². The minimum atomic E-state index is 0.140. The van der Waals surface area contributed by atoms with Gasteiger partial charge in [-0.05, 0) is 23.8 Å². The lowest BCUT2D eigenvalue weighted by atomic mass is 9.93. The quantitative estimate of drug-likeness (QED) is 0.787. The Kier molecular flexibility index (Phi) is 6.23. The van der Waals surface area contributed by atoms with Crippen molar-refractivity contribution in [3.05, 3.63) is 35.9 Å². The maximum Gasteiger partial charge on any atom is 0.0717 e. The number of nitrogens with two attached hydrogens (primary N) is 1. The van der Waals surface area contributed by atoms with Gasteiger partial charge in [0, 0.05) is 6.04 Å². The van der Waals surface area contributed by atoms with Crippen molar-refractivity contribution in [2.24, 2.45) is 17.6 Å². The van der Waals surface area contributed by atoms with E-state index in [0.29, 0.717) is 25.0 Å². The van der Waals surface area contributed by atoms with E-state index in [-0.39, 0.29) is 6.04 Å². The first-order chi connectivity index (χ1) is 8.09. The molecule has 0 aliphatic carbocycles.